The van der Waals surface area contributed by atoms with Crippen LogP contribution in [0.2, 0.25) is 0 Å². The lowest BCUT2D eigenvalue weighted by atomic mass is 9.46. The highest BCUT2D eigenvalue weighted by molar-refractivity contribution is 6.69. The van der Waals surface area contributed by atoms with Gasteiger partial charge in [-0.2, -0.15) is 0 Å². The van der Waals surface area contributed by atoms with Crippen molar-refractivity contribution in [2.45, 2.75) is 66.9 Å². The number of allylic oxidation sites excluding steroid dienone is 4. The zero-order valence-electron chi connectivity index (χ0n) is 13.8. The molecule has 6 aliphatic rings. The number of fused-ring (bicyclic) bond motifs is 7. The second-order valence-corrected chi connectivity index (χ2v) is 16.7. The van der Waals surface area contributed by atoms with Crippen molar-refractivity contribution in [3.05, 3.63) is 23.3 Å². The molecule has 0 saturated heterocycles. The van der Waals surface area contributed by atoms with Gasteiger partial charge in [-0.3, -0.25) is 0 Å². The standard InChI is InChI=1S/C17H8Cl12/c18-8-3-9(8,19)10(20)4-11(10,21)16(27)7(8)1-6-2-14(24,25)17(28,29)13(23)5-12(16,22)15(6,13)26/h1-2H,3-5H2. The van der Waals surface area contributed by atoms with Crippen LogP contribution in [0.4, 0.5) is 0 Å². The SMILES string of the molecule is ClC1(Cl)C=C2C=C3C4(Cl)CC4(Cl)C4(Cl)CC4(Cl)C3(Cl)C3(Cl)CC(Cl)(C1(Cl)Cl)C23Cl. The van der Waals surface area contributed by atoms with Gasteiger partial charge in [-0.25, -0.2) is 0 Å². The molecule has 0 aliphatic heterocycles. The molecule has 12 heteroatoms. The van der Waals surface area contributed by atoms with Crippen LogP contribution in [0.15, 0.2) is 23.3 Å². The fourth-order valence-electron chi connectivity index (χ4n) is 6.30. The van der Waals surface area contributed by atoms with Crippen LogP contribution in [-0.4, -0.2) is 47.7 Å². The van der Waals surface area contributed by atoms with Crippen molar-refractivity contribution >= 4 is 139 Å². The van der Waals surface area contributed by atoms with Crippen molar-refractivity contribution < 1.29 is 0 Å². The quantitative estimate of drug-likeness (QED) is 0.235. The summed E-state index contributed by atoms with van der Waals surface area (Å²) < 4.78 is -3.63. The molecular weight excluding hydrogens is 630 g/mol. The van der Waals surface area contributed by atoms with Crippen molar-refractivity contribution in [1.29, 1.82) is 0 Å². The molecule has 0 aromatic carbocycles. The van der Waals surface area contributed by atoms with E-state index >= 15 is 0 Å². The van der Waals surface area contributed by atoms with Gasteiger partial charge in [-0.1, -0.05) is 52.5 Å². The third kappa shape index (κ3) is 1.66. The molecule has 0 aromatic heterocycles. The van der Waals surface area contributed by atoms with Gasteiger partial charge in [0.15, 0.2) is 8.67 Å². The third-order valence-electron chi connectivity index (χ3n) is 8.03. The van der Waals surface area contributed by atoms with Crippen molar-refractivity contribution in [2.75, 3.05) is 0 Å². The Morgan fingerprint density at radius 2 is 1.10 bits per heavy atom. The minimum Gasteiger partial charge on any atom is -0.115 e. The van der Waals surface area contributed by atoms with Gasteiger partial charge < -0.3 is 0 Å². The lowest BCUT2D eigenvalue weighted by molar-refractivity contribution is 0.113. The Morgan fingerprint density at radius 3 is 1.69 bits per heavy atom. The summed E-state index contributed by atoms with van der Waals surface area (Å²) in [5.74, 6) is 0. The van der Waals surface area contributed by atoms with Crippen LogP contribution in [0, 0.1) is 0 Å². The molecule has 160 valence electrons. The monoisotopic (exact) mass is 632 g/mol. The molecule has 8 atom stereocenters. The second-order valence-electron chi connectivity index (χ2n) is 9.01. The highest BCUT2D eigenvalue weighted by Gasteiger charge is 3.03. The van der Waals surface area contributed by atoms with Crippen LogP contribution in [0.5, 0.6) is 0 Å². The van der Waals surface area contributed by atoms with E-state index in [4.69, 9.17) is 139 Å². The zero-order valence-corrected chi connectivity index (χ0v) is 22.9. The molecular formula is C17H8Cl12. The molecule has 0 bridgehead atoms. The predicted molar refractivity (Wildman–Crippen MR) is 128 cm³/mol. The smallest absolute Gasteiger partial charge is 0.115 e. The number of rotatable bonds is 0. The number of hydrogen-bond acceptors (Lipinski definition) is 0. The molecule has 0 spiro atoms. The summed E-state index contributed by atoms with van der Waals surface area (Å²) in [5.41, 5.74) is 0.974. The average molecular weight is 638 g/mol. The number of alkyl halides is 12. The van der Waals surface area contributed by atoms with Crippen LogP contribution >= 0.6 is 139 Å². The molecule has 0 N–H and O–H groups in total. The van der Waals surface area contributed by atoms with E-state index in [-0.39, 0.29) is 6.42 Å². The minimum atomic E-state index is -1.88. The fourth-order valence-corrected chi connectivity index (χ4v) is 12.9. The Balaban J connectivity index is 1.72. The first-order chi connectivity index (χ1) is 12.8. The van der Waals surface area contributed by atoms with Gasteiger partial charge in [-0.05, 0) is 36.5 Å². The Morgan fingerprint density at radius 1 is 0.552 bits per heavy atom. The first-order valence-corrected chi connectivity index (χ1v) is 13.1. The number of halogens is 12. The molecule has 0 nitrogen and oxygen atoms in total. The van der Waals surface area contributed by atoms with Crippen molar-refractivity contribution in [3.63, 3.8) is 0 Å². The van der Waals surface area contributed by atoms with E-state index in [0.29, 0.717) is 24.0 Å². The van der Waals surface area contributed by atoms with Gasteiger partial charge in [0.25, 0.3) is 0 Å². The first kappa shape index (κ1) is 22.4. The predicted octanol–water partition coefficient (Wildman–Crippen LogP) is 8.26. The molecule has 6 rings (SSSR count). The van der Waals surface area contributed by atoms with Crippen LogP contribution < -0.4 is 0 Å². The summed E-state index contributed by atoms with van der Waals surface area (Å²) in [6.07, 6.45) is 3.79. The fraction of sp³-hybridized carbons (Fsp3) is 0.765. The van der Waals surface area contributed by atoms with E-state index in [2.05, 4.69) is 0 Å². The summed E-state index contributed by atoms with van der Waals surface area (Å²) in [6, 6.07) is 0. The lowest BCUT2D eigenvalue weighted by Gasteiger charge is -2.76. The molecule has 0 amide bonds. The van der Waals surface area contributed by atoms with Gasteiger partial charge >= 0.3 is 0 Å². The molecule has 0 radical (unpaired) electrons. The van der Waals surface area contributed by atoms with Crippen molar-refractivity contribution in [3.8, 4) is 0 Å². The van der Waals surface area contributed by atoms with Gasteiger partial charge in [-0.15, -0.1) is 92.8 Å². The van der Waals surface area contributed by atoms with Crippen LogP contribution in [0.1, 0.15) is 19.3 Å². The van der Waals surface area contributed by atoms with E-state index < -0.39 is 47.7 Å². The highest BCUT2D eigenvalue weighted by atomic mass is 35.5. The average Bonchev–Trinajstić information content (AvgIpc) is 3.39. The third-order valence-corrected chi connectivity index (χ3v) is 17.4. The molecule has 4 fully saturated rings. The maximum Gasteiger partial charge on any atom is 0.175 e. The largest absolute Gasteiger partial charge is 0.175 e. The summed E-state index contributed by atoms with van der Waals surface area (Å²) in [7, 11) is 0. The summed E-state index contributed by atoms with van der Waals surface area (Å²) in [6.45, 7) is 0. The molecule has 8 unspecified atom stereocenters. The van der Waals surface area contributed by atoms with Crippen LogP contribution in [-0.2, 0) is 0 Å². The topological polar surface area (TPSA) is 0 Å². The van der Waals surface area contributed by atoms with E-state index in [1.807, 2.05) is 0 Å². The van der Waals surface area contributed by atoms with Crippen molar-refractivity contribution in [1.82, 2.24) is 0 Å². The summed E-state index contributed by atoms with van der Waals surface area (Å²) >= 11 is 82.8. The Hall–Kier alpha value is 2.96. The Bertz CT molecular complexity index is 1000. The molecule has 0 heterocycles. The van der Waals surface area contributed by atoms with E-state index in [1.165, 1.54) is 6.08 Å². The molecule has 4 saturated carbocycles. The first-order valence-electron chi connectivity index (χ1n) is 8.54. The molecule has 29 heavy (non-hydrogen) atoms. The minimum absolute atomic E-state index is 0.0390. The molecule has 0 aromatic rings. The maximum absolute atomic E-state index is 7.36. The highest BCUT2D eigenvalue weighted by Crippen LogP contribution is 2.94. The maximum atomic E-state index is 7.36. The normalized spacial score (nSPS) is 66.9. The zero-order chi connectivity index (χ0) is 21.7. The van der Waals surface area contributed by atoms with Gasteiger partial charge in [0.2, 0.25) is 0 Å². The summed E-state index contributed by atoms with van der Waals surface area (Å²) in [4.78, 5) is -10.2. The van der Waals surface area contributed by atoms with E-state index in [0.717, 1.165) is 0 Å². The molecule has 6 aliphatic carbocycles. The van der Waals surface area contributed by atoms with Crippen LogP contribution in [0.3, 0.4) is 0 Å². The van der Waals surface area contributed by atoms with Gasteiger partial charge in [0.1, 0.15) is 14.6 Å². The second kappa shape index (κ2) is 5.08. The van der Waals surface area contributed by atoms with Gasteiger partial charge in [0, 0.05) is 0 Å². The van der Waals surface area contributed by atoms with E-state index in [9.17, 15) is 0 Å². The summed E-state index contributed by atoms with van der Waals surface area (Å²) in [5, 5.41) is 0. The van der Waals surface area contributed by atoms with E-state index in [1.54, 1.807) is 6.08 Å². The number of hydrogen-bond donors (Lipinski definition) is 0. The van der Waals surface area contributed by atoms with Gasteiger partial charge in [0.05, 0.1) is 24.4 Å². The Kier molecular flexibility index (Phi) is 3.93. The Labute approximate surface area is 227 Å². The van der Waals surface area contributed by atoms with Crippen molar-refractivity contribution in [2.24, 2.45) is 0 Å². The van der Waals surface area contributed by atoms with Crippen LogP contribution in [0.25, 0.3) is 0 Å². The lowest BCUT2D eigenvalue weighted by Crippen LogP contribution is -2.89.